The van der Waals surface area contributed by atoms with E-state index in [0.717, 1.165) is 50.5 Å². The minimum atomic E-state index is 0.848. The molecule has 8 aromatic carbocycles. The lowest BCUT2D eigenvalue weighted by molar-refractivity contribution is 0.631. The van der Waals surface area contributed by atoms with Gasteiger partial charge in [-0.1, -0.05) is 170 Å². The fourth-order valence-electron chi connectivity index (χ4n) is 7.13. The summed E-state index contributed by atoms with van der Waals surface area (Å²) in [5.41, 5.74) is 14.6. The summed E-state index contributed by atoms with van der Waals surface area (Å²) in [4.78, 5) is 2.36. The first kappa shape index (κ1) is 31.1. The summed E-state index contributed by atoms with van der Waals surface area (Å²) >= 11 is 0. The van der Waals surface area contributed by atoms with Crippen LogP contribution in [-0.2, 0) is 0 Å². The van der Waals surface area contributed by atoms with Crippen LogP contribution in [0.2, 0.25) is 0 Å². The highest BCUT2D eigenvalue weighted by molar-refractivity contribution is 5.91. The number of hydrogen-bond donors (Lipinski definition) is 0. The van der Waals surface area contributed by atoms with Gasteiger partial charge >= 0.3 is 0 Å². The summed E-state index contributed by atoms with van der Waals surface area (Å²) < 4.78 is 6.33. The largest absolute Gasteiger partial charge is 0.456 e. The second-order valence-corrected chi connectivity index (χ2v) is 13.0. The predicted molar refractivity (Wildman–Crippen MR) is 218 cm³/mol. The predicted octanol–water partition coefficient (Wildman–Crippen LogP) is 14.2. The van der Waals surface area contributed by atoms with Crippen molar-refractivity contribution in [3.63, 3.8) is 0 Å². The van der Waals surface area contributed by atoms with Crippen LogP contribution < -0.4 is 4.90 Å². The molecule has 1 heterocycles. The summed E-state index contributed by atoms with van der Waals surface area (Å²) in [6, 6.07) is 75.2. The van der Waals surface area contributed by atoms with Gasteiger partial charge in [0.15, 0.2) is 0 Å². The van der Waals surface area contributed by atoms with Crippen molar-refractivity contribution in [3.8, 4) is 55.8 Å². The van der Waals surface area contributed by atoms with Crippen LogP contribution in [0.4, 0.5) is 17.1 Å². The Kier molecular flexibility index (Phi) is 8.24. The number of fused-ring (bicyclic) bond motifs is 1. The summed E-state index contributed by atoms with van der Waals surface area (Å²) in [6.45, 7) is 0. The third-order valence-electron chi connectivity index (χ3n) is 9.71. The fourth-order valence-corrected chi connectivity index (χ4v) is 7.13. The van der Waals surface area contributed by atoms with Gasteiger partial charge in [0.2, 0.25) is 0 Å². The van der Waals surface area contributed by atoms with Gasteiger partial charge in [0.1, 0.15) is 11.3 Å². The quantitative estimate of drug-likeness (QED) is 0.161. The molecule has 0 saturated heterocycles. The van der Waals surface area contributed by atoms with Gasteiger partial charge in [0.25, 0.3) is 0 Å². The van der Waals surface area contributed by atoms with E-state index >= 15 is 0 Å². The summed E-state index contributed by atoms with van der Waals surface area (Å²) in [5, 5.41) is 1.09. The highest BCUT2D eigenvalue weighted by atomic mass is 16.3. The molecule has 2 nitrogen and oxygen atoms in total. The Hall–Kier alpha value is -6.90. The molecule has 0 unspecified atom stereocenters. The molecule has 246 valence electrons. The number of furan rings is 1. The van der Waals surface area contributed by atoms with Crippen molar-refractivity contribution in [1.82, 2.24) is 0 Å². The monoisotopic (exact) mass is 665 g/mol. The Labute approximate surface area is 304 Å². The number of benzene rings is 8. The topological polar surface area (TPSA) is 16.4 Å². The number of rotatable bonds is 8. The van der Waals surface area contributed by atoms with Crippen LogP contribution in [0.5, 0.6) is 0 Å². The summed E-state index contributed by atoms with van der Waals surface area (Å²) in [6.07, 6.45) is 0. The van der Waals surface area contributed by atoms with Gasteiger partial charge in [-0.3, -0.25) is 0 Å². The first-order valence-electron chi connectivity index (χ1n) is 17.7. The van der Waals surface area contributed by atoms with E-state index in [4.69, 9.17) is 4.42 Å². The van der Waals surface area contributed by atoms with E-state index in [1.807, 2.05) is 18.2 Å². The molecule has 0 aliphatic heterocycles. The maximum Gasteiger partial charge on any atom is 0.135 e. The van der Waals surface area contributed by atoms with Crippen molar-refractivity contribution >= 4 is 28.0 Å². The van der Waals surface area contributed by atoms with Gasteiger partial charge in [-0.2, -0.15) is 0 Å². The normalized spacial score (nSPS) is 11.1. The van der Waals surface area contributed by atoms with Crippen molar-refractivity contribution in [1.29, 1.82) is 0 Å². The first-order chi connectivity index (χ1) is 25.8. The molecule has 0 radical (unpaired) electrons. The molecule has 0 atom stereocenters. The number of nitrogens with zero attached hydrogens (tertiary/aromatic N) is 1. The van der Waals surface area contributed by atoms with Crippen LogP contribution in [0.25, 0.3) is 66.8 Å². The average Bonchev–Trinajstić information content (AvgIpc) is 3.67. The molecule has 0 saturated carbocycles. The Morgan fingerprint density at radius 2 is 0.808 bits per heavy atom. The third kappa shape index (κ3) is 6.08. The van der Waals surface area contributed by atoms with Crippen molar-refractivity contribution in [2.24, 2.45) is 0 Å². The van der Waals surface area contributed by atoms with Crippen LogP contribution in [-0.4, -0.2) is 0 Å². The molecule has 0 bridgehead atoms. The zero-order chi connectivity index (χ0) is 34.7. The molecular weight excluding hydrogens is 631 g/mol. The van der Waals surface area contributed by atoms with Crippen molar-refractivity contribution in [2.45, 2.75) is 0 Å². The van der Waals surface area contributed by atoms with Crippen LogP contribution in [0, 0.1) is 0 Å². The molecule has 0 spiro atoms. The van der Waals surface area contributed by atoms with Crippen LogP contribution >= 0.6 is 0 Å². The Balaban J connectivity index is 1.16. The van der Waals surface area contributed by atoms with Gasteiger partial charge in [-0.05, 0) is 81.4 Å². The molecule has 52 heavy (non-hydrogen) atoms. The van der Waals surface area contributed by atoms with E-state index in [1.165, 1.54) is 33.4 Å². The molecule has 1 aromatic heterocycles. The standard InChI is InChI=1S/C50H35NO/c1-3-14-36(15-4-1)37-26-28-40(29-27-37)47-23-10-11-24-48(47)51(44-20-13-19-41(34-44)50-35-42-18-7-12-25-49(42)52-50)43-32-30-39(31-33-43)46-22-9-8-21-45(46)38-16-5-2-6-17-38/h1-35H. The highest BCUT2D eigenvalue weighted by Crippen LogP contribution is 2.43. The smallest absolute Gasteiger partial charge is 0.135 e. The van der Waals surface area contributed by atoms with Gasteiger partial charge < -0.3 is 9.32 Å². The summed E-state index contributed by atoms with van der Waals surface area (Å²) in [5.74, 6) is 0.848. The lowest BCUT2D eigenvalue weighted by atomic mass is 9.94. The van der Waals surface area contributed by atoms with Crippen LogP contribution in [0.3, 0.4) is 0 Å². The van der Waals surface area contributed by atoms with Gasteiger partial charge in [0, 0.05) is 27.9 Å². The fraction of sp³-hybridized carbons (Fsp3) is 0. The Bertz CT molecular complexity index is 2570. The second kappa shape index (κ2) is 13.8. The second-order valence-electron chi connectivity index (χ2n) is 13.0. The molecule has 9 rings (SSSR count). The molecule has 0 aliphatic rings. The minimum absolute atomic E-state index is 0.848. The van der Waals surface area contributed by atoms with Crippen LogP contribution in [0.15, 0.2) is 217 Å². The molecule has 0 amide bonds. The maximum atomic E-state index is 6.33. The SMILES string of the molecule is c1ccc(-c2ccc(-c3ccccc3N(c3ccc(-c4ccccc4-c4ccccc4)cc3)c3cccc(-c4cc5ccccc5o4)c3)cc2)cc1. The number of para-hydroxylation sites is 2. The van der Waals surface area contributed by atoms with E-state index in [-0.39, 0.29) is 0 Å². The van der Waals surface area contributed by atoms with Crippen LogP contribution in [0.1, 0.15) is 0 Å². The van der Waals surface area contributed by atoms with Gasteiger partial charge in [-0.15, -0.1) is 0 Å². The van der Waals surface area contributed by atoms with Gasteiger partial charge in [0.05, 0.1) is 5.69 Å². The summed E-state index contributed by atoms with van der Waals surface area (Å²) in [7, 11) is 0. The van der Waals surface area contributed by atoms with Crippen molar-refractivity contribution < 1.29 is 4.42 Å². The molecule has 0 fully saturated rings. The first-order valence-corrected chi connectivity index (χ1v) is 17.7. The third-order valence-corrected chi connectivity index (χ3v) is 9.71. The molecule has 0 aliphatic carbocycles. The van der Waals surface area contributed by atoms with Crippen molar-refractivity contribution in [3.05, 3.63) is 212 Å². The van der Waals surface area contributed by atoms with E-state index < -0.39 is 0 Å². The molecule has 9 aromatic rings. The van der Waals surface area contributed by atoms with E-state index in [9.17, 15) is 0 Å². The number of hydrogen-bond acceptors (Lipinski definition) is 2. The number of anilines is 3. The lowest BCUT2D eigenvalue weighted by Crippen LogP contribution is -2.11. The van der Waals surface area contributed by atoms with E-state index in [0.29, 0.717) is 0 Å². The highest BCUT2D eigenvalue weighted by Gasteiger charge is 2.19. The zero-order valence-electron chi connectivity index (χ0n) is 28.6. The zero-order valence-corrected chi connectivity index (χ0v) is 28.6. The van der Waals surface area contributed by atoms with E-state index in [1.54, 1.807) is 0 Å². The van der Waals surface area contributed by atoms with Crippen molar-refractivity contribution in [2.75, 3.05) is 4.90 Å². The lowest BCUT2D eigenvalue weighted by Gasteiger charge is -2.28. The average molecular weight is 666 g/mol. The Morgan fingerprint density at radius 3 is 1.52 bits per heavy atom. The molecule has 2 heteroatoms. The van der Waals surface area contributed by atoms with E-state index in [2.05, 4.69) is 199 Å². The molecular formula is C50H35NO. The Morgan fingerprint density at radius 1 is 0.308 bits per heavy atom. The van der Waals surface area contributed by atoms with Gasteiger partial charge in [-0.25, -0.2) is 0 Å². The molecule has 0 N–H and O–H groups in total. The maximum absolute atomic E-state index is 6.33. The minimum Gasteiger partial charge on any atom is -0.456 e.